The van der Waals surface area contributed by atoms with Crippen LogP contribution in [0.3, 0.4) is 0 Å². The molecule has 0 aromatic rings. The van der Waals surface area contributed by atoms with Crippen molar-refractivity contribution in [3.8, 4) is 0 Å². The molecule has 0 spiro atoms. The number of rotatable bonds is 5. The summed E-state index contributed by atoms with van der Waals surface area (Å²) in [7, 11) is 1.94. The molecule has 0 heterocycles. The number of hydrogen-bond donors (Lipinski definition) is 1. The molecule has 1 aliphatic rings. The van der Waals surface area contributed by atoms with Crippen molar-refractivity contribution in [2.45, 2.75) is 26.7 Å². The van der Waals surface area contributed by atoms with Crippen LogP contribution < -0.4 is 5.32 Å². The number of halogens is 1. The predicted molar refractivity (Wildman–Crippen MR) is 72.8 cm³/mol. The quantitative estimate of drug-likeness (QED) is 0.716. The first-order valence-electron chi connectivity index (χ1n) is 6.11. The Bertz CT molecular complexity index is 372. The van der Waals surface area contributed by atoms with E-state index in [9.17, 15) is 4.39 Å². The Labute approximate surface area is 104 Å². The van der Waals surface area contributed by atoms with Crippen LogP contribution in [0.2, 0.25) is 0 Å². The first-order chi connectivity index (χ1) is 8.21. The standard InChI is InChI=1S/C15H22FN/c1-4-13(10-16)9-15-7-5-6-14(11-17-3)8-12(15)2/h4-6,8,17H,7,9-11H2,1-3H3/b13-4-. The Morgan fingerprint density at radius 2 is 2.29 bits per heavy atom. The largest absolute Gasteiger partial charge is 0.316 e. The SMILES string of the molecule is C/C=C(\CF)CC1=C(C)C=C(CNC)C=CC1. The average molecular weight is 235 g/mol. The molecule has 0 radical (unpaired) electrons. The lowest BCUT2D eigenvalue weighted by Crippen LogP contribution is -2.09. The smallest absolute Gasteiger partial charge is 0.111 e. The van der Waals surface area contributed by atoms with Gasteiger partial charge in [0.1, 0.15) is 6.67 Å². The molecule has 0 bridgehead atoms. The van der Waals surface area contributed by atoms with E-state index in [1.54, 1.807) is 0 Å². The maximum atomic E-state index is 12.7. The van der Waals surface area contributed by atoms with Gasteiger partial charge in [-0.15, -0.1) is 0 Å². The van der Waals surface area contributed by atoms with E-state index in [1.165, 1.54) is 16.7 Å². The molecule has 1 rings (SSSR count). The predicted octanol–water partition coefficient (Wildman–Crippen LogP) is 3.71. The molecule has 0 aliphatic heterocycles. The molecule has 0 aromatic heterocycles. The summed E-state index contributed by atoms with van der Waals surface area (Å²) in [5, 5.41) is 3.15. The van der Waals surface area contributed by atoms with Gasteiger partial charge in [0, 0.05) is 6.54 Å². The summed E-state index contributed by atoms with van der Waals surface area (Å²) < 4.78 is 12.7. The van der Waals surface area contributed by atoms with Crippen molar-refractivity contribution in [1.29, 1.82) is 0 Å². The van der Waals surface area contributed by atoms with Gasteiger partial charge in [-0.05, 0) is 44.9 Å². The van der Waals surface area contributed by atoms with Gasteiger partial charge in [-0.3, -0.25) is 0 Å². The molecule has 0 amide bonds. The molecular formula is C15H22FN. The summed E-state index contributed by atoms with van der Waals surface area (Å²) in [6.45, 7) is 4.55. The number of hydrogen-bond acceptors (Lipinski definition) is 1. The zero-order valence-electron chi connectivity index (χ0n) is 11.0. The molecule has 94 valence electrons. The zero-order chi connectivity index (χ0) is 12.7. The third-order valence-electron chi connectivity index (χ3n) is 3.06. The van der Waals surface area contributed by atoms with Gasteiger partial charge in [0.2, 0.25) is 0 Å². The van der Waals surface area contributed by atoms with Crippen LogP contribution in [-0.4, -0.2) is 20.3 Å². The highest BCUT2D eigenvalue weighted by Crippen LogP contribution is 2.23. The zero-order valence-corrected chi connectivity index (χ0v) is 11.0. The maximum absolute atomic E-state index is 12.7. The molecule has 1 aliphatic carbocycles. The molecule has 0 fully saturated rings. The van der Waals surface area contributed by atoms with Gasteiger partial charge in [-0.1, -0.05) is 35.5 Å². The van der Waals surface area contributed by atoms with Gasteiger partial charge in [-0.2, -0.15) is 0 Å². The summed E-state index contributed by atoms with van der Waals surface area (Å²) in [5.41, 5.74) is 4.74. The van der Waals surface area contributed by atoms with Crippen LogP contribution in [0.1, 0.15) is 26.7 Å². The van der Waals surface area contributed by atoms with Gasteiger partial charge in [0.25, 0.3) is 0 Å². The highest BCUT2D eigenvalue weighted by molar-refractivity contribution is 5.39. The van der Waals surface area contributed by atoms with Crippen molar-refractivity contribution in [2.75, 3.05) is 20.3 Å². The molecule has 2 heteroatoms. The number of likely N-dealkylation sites (N-methyl/N-ethyl adjacent to an activating group) is 1. The van der Waals surface area contributed by atoms with Crippen LogP contribution in [0.4, 0.5) is 4.39 Å². The molecule has 1 N–H and O–H groups in total. The van der Waals surface area contributed by atoms with Crippen LogP contribution in [0.15, 0.2) is 46.6 Å². The Hall–Kier alpha value is -1.15. The van der Waals surface area contributed by atoms with Crippen molar-refractivity contribution in [1.82, 2.24) is 5.32 Å². The minimum Gasteiger partial charge on any atom is -0.316 e. The molecule has 0 saturated heterocycles. The normalized spacial score (nSPS) is 17.2. The number of allylic oxidation sites excluding steroid dienone is 6. The average Bonchev–Trinajstić information content (AvgIpc) is 2.49. The molecule has 1 nitrogen and oxygen atoms in total. The van der Waals surface area contributed by atoms with E-state index in [-0.39, 0.29) is 6.67 Å². The molecule has 0 saturated carbocycles. The van der Waals surface area contributed by atoms with Crippen LogP contribution in [0.25, 0.3) is 0 Å². The summed E-state index contributed by atoms with van der Waals surface area (Å²) >= 11 is 0. The highest BCUT2D eigenvalue weighted by atomic mass is 19.1. The first-order valence-corrected chi connectivity index (χ1v) is 6.11. The minimum absolute atomic E-state index is 0.343. The van der Waals surface area contributed by atoms with E-state index in [0.29, 0.717) is 0 Å². The van der Waals surface area contributed by atoms with E-state index >= 15 is 0 Å². The van der Waals surface area contributed by atoms with Gasteiger partial charge < -0.3 is 5.32 Å². The van der Waals surface area contributed by atoms with Gasteiger partial charge in [0.05, 0.1) is 0 Å². The molecule has 0 aromatic carbocycles. The molecule has 0 unspecified atom stereocenters. The van der Waals surface area contributed by atoms with Crippen molar-refractivity contribution in [3.63, 3.8) is 0 Å². The second kappa shape index (κ2) is 7.23. The highest BCUT2D eigenvalue weighted by Gasteiger charge is 2.07. The van der Waals surface area contributed by atoms with Gasteiger partial charge >= 0.3 is 0 Å². The molecule has 17 heavy (non-hydrogen) atoms. The van der Waals surface area contributed by atoms with Crippen molar-refractivity contribution >= 4 is 0 Å². The lowest BCUT2D eigenvalue weighted by Gasteiger charge is -2.08. The van der Waals surface area contributed by atoms with E-state index in [4.69, 9.17) is 0 Å². The van der Waals surface area contributed by atoms with Crippen LogP contribution in [-0.2, 0) is 0 Å². The Morgan fingerprint density at radius 3 is 2.88 bits per heavy atom. The number of alkyl halides is 1. The third-order valence-corrected chi connectivity index (χ3v) is 3.06. The Balaban J connectivity index is 2.85. The Morgan fingerprint density at radius 1 is 1.53 bits per heavy atom. The van der Waals surface area contributed by atoms with Gasteiger partial charge in [0.15, 0.2) is 0 Å². The number of nitrogens with one attached hydrogen (secondary N) is 1. The van der Waals surface area contributed by atoms with Crippen LogP contribution in [0.5, 0.6) is 0 Å². The second-order valence-electron chi connectivity index (χ2n) is 4.40. The van der Waals surface area contributed by atoms with Crippen molar-refractivity contribution in [2.24, 2.45) is 0 Å². The molecule has 0 atom stereocenters. The summed E-state index contributed by atoms with van der Waals surface area (Å²) in [5.74, 6) is 0. The van der Waals surface area contributed by atoms with E-state index in [2.05, 4.69) is 30.5 Å². The lowest BCUT2D eigenvalue weighted by atomic mass is 9.98. The topological polar surface area (TPSA) is 12.0 Å². The summed E-state index contributed by atoms with van der Waals surface area (Å²) in [4.78, 5) is 0. The first kappa shape index (κ1) is 13.9. The third kappa shape index (κ3) is 4.31. The van der Waals surface area contributed by atoms with E-state index in [1.807, 2.05) is 20.0 Å². The van der Waals surface area contributed by atoms with Crippen LogP contribution >= 0.6 is 0 Å². The lowest BCUT2D eigenvalue weighted by molar-refractivity contribution is 0.535. The van der Waals surface area contributed by atoms with Crippen LogP contribution in [0, 0.1) is 0 Å². The van der Waals surface area contributed by atoms with Crippen molar-refractivity contribution in [3.05, 3.63) is 46.6 Å². The van der Waals surface area contributed by atoms with E-state index < -0.39 is 0 Å². The summed E-state index contributed by atoms with van der Waals surface area (Å²) in [6, 6.07) is 0. The minimum atomic E-state index is -0.343. The Kier molecular flexibility index (Phi) is 5.92. The molecular weight excluding hydrogens is 213 g/mol. The monoisotopic (exact) mass is 235 g/mol. The fourth-order valence-electron chi connectivity index (χ4n) is 1.97. The summed E-state index contributed by atoms with van der Waals surface area (Å²) in [6.07, 6.45) is 10.1. The fraction of sp³-hybridized carbons (Fsp3) is 0.467. The fourth-order valence-corrected chi connectivity index (χ4v) is 1.97. The maximum Gasteiger partial charge on any atom is 0.111 e. The van der Waals surface area contributed by atoms with Gasteiger partial charge in [-0.25, -0.2) is 4.39 Å². The second-order valence-corrected chi connectivity index (χ2v) is 4.40. The van der Waals surface area contributed by atoms with E-state index in [0.717, 1.165) is 25.0 Å². The van der Waals surface area contributed by atoms with Crippen molar-refractivity contribution < 1.29 is 4.39 Å².